The number of nitrogens with zero attached hydrogens (tertiary/aromatic N) is 2. The first-order valence-electron chi connectivity index (χ1n) is 14.3. The number of hydrogen-bond acceptors (Lipinski definition) is 9. The molecule has 0 saturated heterocycles. The van der Waals surface area contributed by atoms with E-state index in [9.17, 15) is 9.59 Å². The minimum atomic E-state index is -0.855. The summed E-state index contributed by atoms with van der Waals surface area (Å²) in [6.45, 7) is 6.22. The zero-order chi connectivity index (χ0) is 32.1. The molecule has 0 N–H and O–H groups in total. The van der Waals surface area contributed by atoms with E-state index in [4.69, 9.17) is 35.3 Å². The summed E-state index contributed by atoms with van der Waals surface area (Å²) < 4.78 is 30.4. The minimum absolute atomic E-state index is 0.169. The third-order valence-electron chi connectivity index (χ3n) is 7.15. The number of fused-ring (bicyclic) bond motifs is 1. The summed E-state index contributed by atoms with van der Waals surface area (Å²) in [6, 6.07) is 17.4. The Morgan fingerprint density at radius 3 is 2.47 bits per heavy atom. The lowest BCUT2D eigenvalue weighted by Gasteiger charge is -2.26. The van der Waals surface area contributed by atoms with Crippen molar-refractivity contribution in [2.75, 3.05) is 27.4 Å². The van der Waals surface area contributed by atoms with Crippen LogP contribution in [0.15, 0.2) is 81.7 Å². The molecule has 2 heterocycles. The summed E-state index contributed by atoms with van der Waals surface area (Å²) in [5.41, 5.74) is 2.54. The van der Waals surface area contributed by atoms with Crippen LogP contribution >= 0.6 is 22.9 Å². The largest absolute Gasteiger partial charge is 0.497 e. The molecular formula is C34H33ClN2O7S. The van der Waals surface area contributed by atoms with Crippen LogP contribution < -0.4 is 33.8 Å². The monoisotopic (exact) mass is 648 g/mol. The van der Waals surface area contributed by atoms with Gasteiger partial charge in [-0.3, -0.25) is 9.36 Å². The smallest absolute Gasteiger partial charge is 0.338 e. The van der Waals surface area contributed by atoms with Crippen molar-refractivity contribution in [1.82, 2.24) is 4.57 Å². The summed E-state index contributed by atoms with van der Waals surface area (Å²) in [5.74, 6) is 1.56. The summed E-state index contributed by atoms with van der Waals surface area (Å²) >= 11 is 7.53. The van der Waals surface area contributed by atoms with Crippen molar-refractivity contribution in [3.05, 3.63) is 113 Å². The maximum absolute atomic E-state index is 14.1. The Kier molecular flexibility index (Phi) is 9.95. The fraction of sp³-hybridized carbons (Fsp3) is 0.265. The summed E-state index contributed by atoms with van der Waals surface area (Å²) in [4.78, 5) is 32.5. The van der Waals surface area contributed by atoms with E-state index in [0.29, 0.717) is 55.2 Å². The predicted molar refractivity (Wildman–Crippen MR) is 173 cm³/mol. The normalized spacial score (nSPS) is 14.4. The molecule has 11 heteroatoms. The van der Waals surface area contributed by atoms with Crippen LogP contribution in [0, 0.1) is 0 Å². The molecule has 5 rings (SSSR count). The first-order valence-corrected chi connectivity index (χ1v) is 15.5. The highest BCUT2D eigenvalue weighted by Gasteiger charge is 2.35. The van der Waals surface area contributed by atoms with Crippen molar-refractivity contribution in [2.24, 2.45) is 4.99 Å². The number of rotatable bonds is 11. The van der Waals surface area contributed by atoms with E-state index < -0.39 is 12.0 Å². The Balaban J connectivity index is 1.61. The SMILES string of the molecule is CCOC(=O)C1=C(C)N=c2s/c(=C/c3ccc(OCc4ccccc4Cl)c(OCC)c3)c(=O)n2[C@@H]1c1cc(OC)ccc1OC. The van der Waals surface area contributed by atoms with Crippen LogP contribution in [-0.4, -0.2) is 38.0 Å². The molecule has 1 atom stereocenters. The highest BCUT2D eigenvalue weighted by Crippen LogP contribution is 2.38. The molecule has 0 radical (unpaired) electrons. The van der Waals surface area contributed by atoms with Crippen molar-refractivity contribution in [3.63, 3.8) is 0 Å². The van der Waals surface area contributed by atoms with E-state index in [1.165, 1.54) is 23.0 Å². The van der Waals surface area contributed by atoms with E-state index in [1.54, 1.807) is 51.3 Å². The topological polar surface area (TPSA) is 97.6 Å². The van der Waals surface area contributed by atoms with E-state index >= 15 is 0 Å². The lowest BCUT2D eigenvalue weighted by molar-refractivity contribution is -0.139. The van der Waals surface area contributed by atoms with Crippen LogP contribution in [0.5, 0.6) is 23.0 Å². The zero-order valence-electron chi connectivity index (χ0n) is 25.6. The van der Waals surface area contributed by atoms with E-state index in [1.807, 2.05) is 43.3 Å². The Morgan fingerprint density at radius 2 is 1.76 bits per heavy atom. The van der Waals surface area contributed by atoms with Crippen LogP contribution in [-0.2, 0) is 16.1 Å². The zero-order valence-corrected chi connectivity index (χ0v) is 27.2. The molecule has 0 amide bonds. The molecule has 3 aromatic carbocycles. The van der Waals surface area contributed by atoms with Crippen molar-refractivity contribution >= 4 is 35.0 Å². The maximum Gasteiger partial charge on any atom is 0.338 e. The molecular weight excluding hydrogens is 616 g/mol. The number of hydrogen-bond donors (Lipinski definition) is 0. The number of allylic oxidation sites excluding steroid dienone is 1. The molecule has 9 nitrogen and oxygen atoms in total. The lowest BCUT2D eigenvalue weighted by atomic mass is 9.94. The molecule has 45 heavy (non-hydrogen) atoms. The van der Waals surface area contributed by atoms with E-state index in [0.717, 1.165) is 11.1 Å². The number of ether oxygens (including phenoxy) is 5. The van der Waals surface area contributed by atoms with Gasteiger partial charge in [-0.2, -0.15) is 0 Å². The molecule has 4 aromatic rings. The van der Waals surface area contributed by atoms with Gasteiger partial charge in [0.15, 0.2) is 16.3 Å². The molecule has 0 saturated carbocycles. The predicted octanol–water partition coefficient (Wildman–Crippen LogP) is 5.45. The van der Waals surface area contributed by atoms with Gasteiger partial charge in [-0.05, 0) is 68.8 Å². The van der Waals surface area contributed by atoms with E-state index in [2.05, 4.69) is 4.99 Å². The highest BCUT2D eigenvalue weighted by atomic mass is 35.5. The number of aromatic nitrogens is 1. The third kappa shape index (κ3) is 6.62. The fourth-order valence-electron chi connectivity index (χ4n) is 5.06. The van der Waals surface area contributed by atoms with Crippen LogP contribution in [0.2, 0.25) is 5.02 Å². The van der Waals surface area contributed by atoms with Gasteiger partial charge in [0.05, 0.1) is 43.2 Å². The molecule has 234 valence electrons. The number of esters is 1. The van der Waals surface area contributed by atoms with Crippen LogP contribution in [0.25, 0.3) is 6.08 Å². The van der Waals surface area contributed by atoms with Crippen LogP contribution in [0.1, 0.15) is 43.5 Å². The van der Waals surface area contributed by atoms with Gasteiger partial charge in [-0.1, -0.05) is 47.2 Å². The first kappa shape index (κ1) is 31.9. The van der Waals surface area contributed by atoms with Gasteiger partial charge < -0.3 is 23.7 Å². The highest BCUT2D eigenvalue weighted by molar-refractivity contribution is 7.07. The number of carbonyl (C=O) groups excluding carboxylic acids is 1. The van der Waals surface area contributed by atoms with Gasteiger partial charge in [0.25, 0.3) is 5.56 Å². The van der Waals surface area contributed by atoms with Gasteiger partial charge in [-0.25, -0.2) is 9.79 Å². The average molecular weight is 649 g/mol. The standard InChI is InChI=1S/C34H33ClN2O7S/c1-6-42-28-16-21(12-14-27(28)44-19-22-10-8-9-11-25(22)35)17-29-32(38)37-31(24-18-23(40-4)13-15-26(24)41-5)30(33(39)43-7-2)20(3)36-34(37)45-29/h8-18,31H,6-7,19H2,1-5H3/b29-17+/t31-/m1/s1. The second kappa shape index (κ2) is 14.0. The Morgan fingerprint density at radius 1 is 0.978 bits per heavy atom. The number of benzene rings is 3. The molecule has 0 spiro atoms. The number of halogens is 1. The lowest BCUT2D eigenvalue weighted by Crippen LogP contribution is -2.40. The maximum atomic E-state index is 14.1. The van der Waals surface area contributed by atoms with Gasteiger partial charge in [0, 0.05) is 16.1 Å². The quantitative estimate of drug-likeness (QED) is 0.200. The Hall–Kier alpha value is -4.54. The second-order valence-corrected chi connectivity index (χ2v) is 11.3. The molecule has 0 aliphatic carbocycles. The van der Waals surface area contributed by atoms with Crippen molar-refractivity contribution in [3.8, 4) is 23.0 Å². The Labute approximate surface area is 269 Å². The molecule has 0 unspecified atom stereocenters. The molecule has 1 aliphatic heterocycles. The van der Waals surface area contributed by atoms with Crippen molar-refractivity contribution in [2.45, 2.75) is 33.4 Å². The summed E-state index contributed by atoms with van der Waals surface area (Å²) in [7, 11) is 3.08. The van der Waals surface area contributed by atoms with Crippen molar-refractivity contribution < 1.29 is 28.5 Å². The summed E-state index contributed by atoms with van der Waals surface area (Å²) in [6.07, 6.45) is 1.77. The fourth-order valence-corrected chi connectivity index (χ4v) is 6.30. The first-order chi connectivity index (χ1) is 21.8. The average Bonchev–Trinajstić information content (AvgIpc) is 3.34. The van der Waals surface area contributed by atoms with Crippen molar-refractivity contribution in [1.29, 1.82) is 0 Å². The van der Waals surface area contributed by atoms with Gasteiger partial charge in [0.2, 0.25) is 0 Å². The van der Waals surface area contributed by atoms with Gasteiger partial charge in [-0.15, -0.1) is 0 Å². The number of thiazole rings is 1. The Bertz CT molecular complexity index is 1950. The molecule has 0 fully saturated rings. The van der Waals surface area contributed by atoms with Gasteiger partial charge >= 0.3 is 5.97 Å². The van der Waals surface area contributed by atoms with Crippen LogP contribution in [0.4, 0.5) is 0 Å². The minimum Gasteiger partial charge on any atom is -0.497 e. The second-order valence-electron chi connectivity index (χ2n) is 9.93. The number of methoxy groups -OCH3 is 2. The van der Waals surface area contributed by atoms with Gasteiger partial charge in [0.1, 0.15) is 24.1 Å². The van der Waals surface area contributed by atoms with E-state index in [-0.39, 0.29) is 24.3 Å². The third-order valence-corrected chi connectivity index (χ3v) is 8.51. The van der Waals surface area contributed by atoms with Crippen LogP contribution in [0.3, 0.4) is 0 Å². The summed E-state index contributed by atoms with van der Waals surface area (Å²) in [5, 5.41) is 0.619. The molecule has 0 bridgehead atoms. The molecule has 1 aromatic heterocycles. The number of carbonyl (C=O) groups is 1. The molecule has 1 aliphatic rings.